The molecule has 13 heavy (non-hydrogen) atoms. The van der Waals surface area contributed by atoms with Crippen molar-refractivity contribution < 1.29 is 19.2 Å². The quantitative estimate of drug-likeness (QED) is 0.585. The Kier molecular flexibility index (Phi) is 2.59. The van der Waals surface area contributed by atoms with Crippen LogP contribution in [0.15, 0.2) is 0 Å². The van der Waals surface area contributed by atoms with Crippen LogP contribution >= 0.6 is 0 Å². The number of hydrogen-bond donors (Lipinski definition) is 1. The number of nitrogens with zero attached hydrogens (tertiary/aromatic N) is 1. The van der Waals surface area contributed by atoms with Crippen molar-refractivity contribution in [2.24, 2.45) is 0 Å². The summed E-state index contributed by atoms with van der Waals surface area (Å²) >= 11 is 0. The lowest BCUT2D eigenvalue weighted by atomic mass is 10.2. The van der Waals surface area contributed by atoms with Crippen LogP contribution in [0.2, 0.25) is 0 Å². The Morgan fingerprint density at radius 3 is 2.54 bits per heavy atom. The second-order valence-corrected chi connectivity index (χ2v) is 4.15. The molecule has 1 amide bonds. The number of carbonyl (C=O) groups excluding carboxylic acids is 1. The maximum absolute atomic E-state index is 11.4. The average Bonchev–Trinajstić information content (AvgIpc) is 2.30. The van der Waals surface area contributed by atoms with E-state index in [1.807, 2.05) is 0 Å². The summed E-state index contributed by atoms with van der Waals surface area (Å²) in [5.74, 6) is 0.120. The Hall–Kier alpha value is -1.06. The van der Waals surface area contributed by atoms with Crippen molar-refractivity contribution >= 4 is 12.0 Å². The first kappa shape index (κ1) is 10.0. The van der Waals surface area contributed by atoms with Gasteiger partial charge in [-0.3, -0.25) is 0 Å². The summed E-state index contributed by atoms with van der Waals surface area (Å²) in [5.41, 5.74) is -0.500. The normalized spacial score (nSPS) is 17.8. The highest BCUT2D eigenvalue weighted by molar-refractivity contribution is 5.76. The summed E-state index contributed by atoms with van der Waals surface area (Å²) < 4.78 is 6.38. The highest BCUT2D eigenvalue weighted by atomic mass is 16.6. The SMILES string of the molecule is CC(C)(C)OC(=O)[N+]1=C(O)CCC1. The minimum atomic E-state index is -0.500. The van der Waals surface area contributed by atoms with Gasteiger partial charge in [-0.15, -0.1) is 0 Å². The van der Waals surface area contributed by atoms with E-state index in [0.29, 0.717) is 13.0 Å². The fraction of sp³-hybridized carbons (Fsp3) is 0.778. The molecule has 0 fully saturated rings. The maximum atomic E-state index is 11.4. The average molecular weight is 186 g/mol. The summed E-state index contributed by atoms with van der Waals surface area (Å²) in [6.45, 7) is 5.97. The molecule has 0 radical (unpaired) electrons. The monoisotopic (exact) mass is 186 g/mol. The molecular formula is C9H16NO3+. The lowest BCUT2D eigenvalue weighted by molar-refractivity contribution is -0.449. The van der Waals surface area contributed by atoms with Crippen LogP contribution in [0.25, 0.3) is 0 Å². The van der Waals surface area contributed by atoms with Gasteiger partial charge in [0, 0.05) is 6.42 Å². The number of rotatable bonds is 0. The zero-order chi connectivity index (χ0) is 10.1. The lowest BCUT2D eigenvalue weighted by Crippen LogP contribution is -2.31. The fourth-order valence-electron chi connectivity index (χ4n) is 1.17. The van der Waals surface area contributed by atoms with E-state index in [1.54, 1.807) is 20.8 Å². The van der Waals surface area contributed by atoms with Crippen LogP contribution in [0, 0.1) is 0 Å². The second kappa shape index (κ2) is 3.36. The van der Waals surface area contributed by atoms with Gasteiger partial charge < -0.3 is 9.84 Å². The molecule has 0 aromatic rings. The standard InChI is InChI=1S/C9H15NO3/c1-9(2,3)13-8(12)10-6-4-5-7(10)11/h4-6H2,1-3H3/p+1. The molecule has 0 aliphatic carbocycles. The smallest absolute Gasteiger partial charge is 0.463 e. The first-order chi connectivity index (χ1) is 5.90. The van der Waals surface area contributed by atoms with Crippen molar-refractivity contribution in [1.82, 2.24) is 0 Å². The van der Waals surface area contributed by atoms with E-state index in [-0.39, 0.29) is 5.90 Å². The van der Waals surface area contributed by atoms with Gasteiger partial charge >= 0.3 is 12.0 Å². The first-order valence-electron chi connectivity index (χ1n) is 4.45. The second-order valence-electron chi connectivity index (χ2n) is 4.15. The summed E-state index contributed by atoms with van der Waals surface area (Å²) in [6, 6.07) is 0. The number of carbonyl (C=O) groups is 1. The van der Waals surface area contributed by atoms with Crippen LogP contribution in [-0.4, -0.2) is 33.8 Å². The number of ether oxygens (including phenoxy) is 1. The highest BCUT2D eigenvalue weighted by Gasteiger charge is 2.33. The van der Waals surface area contributed by atoms with Crippen LogP contribution in [-0.2, 0) is 4.74 Å². The molecule has 0 aromatic heterocycles. The van der Waals surface area contributed by atoms with Crippen molar-refractivity contribution in [2.45, 2.75) is 39.2 Å². The van der Waals surface area contributed by atoms with Gasteiger partial charge in [0.05, 0.1) is 6.42 Å². The third-order valence-corrected chi connectivity index (χ3v) is 1.71. The molecule has 0 atom stereocenters. The van der Waals surface area contributed by atoms with Crippen LogP contribution in [0.1, 0.15) is 33.6 Å². The molecule has 1 N–H and O–H groups in total. The molecule has 0 aromatic carbocycles. The van der Waals surface area contributed by atoms with E-state index in [0.717, 1.165) is 6.42 Å². The van der Waals surface area contributed by atoms with E-state index in [4.69, 9.17) is 4.74 Å². The van der Waals surface area contributed by atoms with E-state index >= 15 is 0 Å². The number of amides is 1. The van der Waals surface area contributed by atoms with Gasteiger partial charge in [0.25, 0.3) is 0 Å². The van der Waals surface area contributed by atoms with Crippen molar-refractivity contribution in [3.63, 3.8) is 0 Å². The van der Waals surface area contributed by atoms with Gasteiger partial charge in [-0.05, 0) is 20.8 Å². The largest absolute Gasteiger partial charge is 0.599 e. The first-order valence-corrected chi connectivity index (χ1v) is 4.45. The third kappa shape index (κ3) is 2.72. The number of aliphatic hydroxyl groups excluding tert-OH is 1. The van der Waals surface area contributed by atoms with E-state index in [9.17, 15) is 9.90 Å². The van der Waals surface area contributed by atoms with Gasteiger partial charge in [0.15, 0.2) is 6.54 Å². The van der Waals surface area contributed by atoms with Crippen molar-refractivity contribution in [3.8, 4) is 0 Å². The summed E-state index contributed by atoms with van der Waals surface area (Å²) in [7, 11) is 0. The highest BCUT2D eigenvalue weighted by Crippen LogP contribution is 2.11. The molecule has 0 saturated carbocycles. The number of aliphatic hydroxyl groups is 1. The zero-order valence-corrected chi connectivity index (χ0v) is 8.33. The minimum absolute atomic E-state index is 0.120. The molecule has 4 heteroatoms. The molecule has 0 saturated heterocycles. The molecule has 1 aliphatic rings. The maximum Gasteiger partial charge on any atom is 0.599 e. The number of hydrogen-bond acceptors (Lipinski definition) is 2. The Balaban J connectivity index is 2.64. The van der Waals surface area contributed by atoms with Crippen molar-refractivity contribution in [2.75, 3.05) is 6.54 Å². The van der Waals surface area contributed by atoms with Gasteiger partial charge in [-0.25, -0.2) is 0 Å². The molecule has 4 nitrogen and oxygen atoms in total. The van der Waals surface area contributed by atoms with E-state index < -0.39 is 11.7 Å². The molecule has 74 valence electrons. The van der Waals surface area contributed by atoms with Crippen molar-refractivity contribution in [1.29, 1.82) is 0 Å². The third-order valence-electron chi connectivity index (χ3n) is 1.71. The topological polar surface area (TPSA) is 49.5 Å². The molecular weight excluding hydrogens is 170 g/mol. The van der Waals surface area contributed by atoms with Crippen LogP contribution in [0.5, 0.6) is 0 Å². The summed E-state index contributed by atoms with van der Waals surface area (Å²) in [4.78, 5) is 11.4. The Bertz CT molecular complexity index is 250. The summed E-state index contributed by atoms with van der Waals surface area (Å²) in [5, 5.41) is 9.30. The molecule has 1 rings (SSSR count). The van der Waals surface area contributed by atoms with Crippen LogP contribution < -0.4 is 0 Å². The fourth-order valence-corrected chi connectivity index (χ4v) is 1.17. The van der Waals surface area contributed by atoms with Crippen LogP contribution in [0.4, 0.5) is 4.79 Å². The summed E-state index contributed by atoms with van der Waals surface area (Å²) in [6.07, 6.45) is 0.923. The van der Waals surface area contributed by atoms with Gasteiger partial charge in [-0.2, -0.15) is 4.79 Å². The van der Waals surface area contributed by atoms with Gasteiger partial charge in [0.2, 0.25) is 0 Å². The Morgan fingerprint density at radius 1 is 1.54 bits per heavy atom. The molecule has 1 aliphatic heterocycles. The van der Waals surface area contributed by atoms with E-state index in [1.165, 1.54) is 4.58 Å². The minimum Gasteiger partial charge on any atom is -0.463 e. The van der Waals surface area contributed by atoms with Gasteiger partial charge in [0.1, 0.15) is 5.60 Å². The zero-order valence-electron chi connectivity index (χ0n) is 8.33. The lowest BCUT2D eigenvalue weighted by Gasteiger charge is -2.15. The van der Waals surface area contributed by atoms with E-state index in [2.05, 4.69) is 0 Å². The van der Waals surface area contributed by atoms with Gasteiger partial charge in [-0.1, -0.05) is 4.58 Å². The predicted molar refractivity (Wildman–Crippen MR) is 48.2 cm³/mol. The van der Waals surface area contributed by atoms with Crippen LogP contribution in [0.3, 0.4) is 0 Å². The predicted octanol–water partition coefficient (Wildman–Crippen LogP) is 1.68. The Labute approximate surface area is 77.8 Å². The molecule has 0 spiro atoms. The van der Waals surface area contributed by atoms with Crippen molar-refractivity contribution in [3.05, 3.63) is 0 Å². The Morgan fingerprint density at radius 2 is 2.15 bits per heavy atom. The molecule has 0 bridgehead atoms. The molecule has 0 unspecified atom stereocenters. The molecule has 1 heterocycles.